The van der Waals surface area contributed by atoms with Crippen LogP contribution in [0.5, 0.6) is 0 Å². The normalized spacial score (nSPS) is 30.1. The summed E-state index contributed by atoms with van der Waals surface area (Å²) in [5.74, 6) is 0. The maximum absolute atomic E-state index is 6.04. The Labute approximate surface area is 105 Å². The summed E-state index contributed by atoms with van der Waals surface area (Å²) < 4.78 is 11.5. The van der Waals surface area contributed by atoms with E-state index in [1.165, 1.54) is 0 Å². The molecule has 2 saturated heterocycles. The van der Waals surface area contributed by atoms with Gasteiger partial charge in [-0.2, -0.15) is 0 Å². The van der Waals surface area contributed by atoms with Crippen LogP contribution in [-0.4, -0.2) is 37.5 Å². The van der Waals surface area contributed by atoms with Crippen LogP contribution in [0.25, 0.3) is 0 Å². The first-order chi connectivity index (χ1) is 8.24. The van der Waals surface area contributed by atoms with E-state index in [0.717, 1.165) is 51.9 Å². The average Bonchev–Trinajstić information content (AvgIpc) is 2.30. The molecule has 2 rings (SSSR count). The molecule has 0 aromatic heterocycles. The zero-order valence-corrected chi connectivity index (χ0v) is 10.9. The second kappa shape index (κ2) is 5.98. The first-order valence-corrected chi connectivity index (χ1v) is 6.83. The minimum atomic E-state index is 0.0993. The van der Waals surface area contributed by atoms with E-state index in [1.807, 2.05) is 6.08 Å². The van der Waals surface area contributed by atoms with Crippen molar-refractivity contribution in [3.63, 3.8) is 0 Å². The second-order valence-electron chi connectivity index (χ2n) is 5.43. The van der Waals surface area contributed by atoms with Gasteiger partial charge in [-0.05, 0) is 39.0 Å². The summed E-state index contributed by atoms with van der Waals surface area (Å²) in [7, 11) is 0. The Morgan fingerprint density at radius 3 is 2.88 bits per heavy atom. The maximum atomic E-state index is 6.04. The largest absolute Gasteiger partial charge is 0.381 e. The molecule has 0 aliphatic carbocycles. The van der Waals surface area contributed by atoms with E-state index in [2.05, 4.69) is 18.8 Å². The summed E-state index contributed by atoms with van der Waals surface area (Å²) in [6.45, 7) is 8.63. The first-order valence-electron chi connectivity index (χ1n) is 6.83. The Morgan fingerprint density at radius 1 is 1.41 bits per heavy atom. The van der Waals surface area contributed by atoms with Crippen LogP contribution < -0.4 is 5.32 Å². The van der Waals surface area contributed by atoms with Crippen molar-refractivity contribution in [1.29, 1.82) is 0 Å². The molecule has 2 aliphatic heterocycles. The molecule has 0 saturated carbocycles. The Morgan fingerprint density at radius 2 is 2.18 bits per heavy atom. The molecule has 0 aromatic rings. The number of rotatable bonds is 4. The molecule has 2 unspecified atom stereocenters. The molecule has 17 heavy (non-hydrogen) atoms. The predicted octanol–water partition coefficient (Wildman–Crippen LogP) is 2.27. The lowest BCUT2D eigenvalue weighted by Crippen LogP contribution is -2.51. The Bertz CT molecular complexity index is 243. The van der Waals surface area contributed by atoms with Gasteiger partial charge in [0.05, 0.1) is 5.60 Å². The molecule has 2 heterocycles. The standard InChI is InChI=1S/C14H25NO2/c1-3-4-12(2)15-13-5-8-17-14(11-13)6-9-16-10-7-14/h3,12-13,15H,1,4-11H2,2H3. The number of hydrogen-bond donors (Lipinski definition) is 1. The van der Waals surface area contributed by atoms with Crippen LogP contribution in [0, 0.1) is 0 Å². The topological polar surface area (TPSA) is 30.5 Å². The smallest absolute Gasteiger partial charge is 0.0741 e. The third-order valence-electron chi connectivity index (χ3n) is 3.94. The van der Waals surface area contributed by atoms with Crippen molar-refractivity contribution < 1.29 is 9.47 Å². The van der Waals surface area contributed by atoms with Gasteiger partial charge >= 0.3 is 0 Å². The van der Waals surface area contributed by atoms with Crippen LogP contribution >= 0.6 is 0 Å². The molecule has 2 fully saturated rings. The monoisotopic (exact) mass is 239 g/mol. The maximum Gasteiger partial charge on any atom is 0.0741 e. The minimum absolute atomic E-state index is 0.0993. The molecule has 0 aromatic carbocycles. The molecular weight excluding hydrogens is 214 g/mol. The number of ether oxygens (including phenoxy) is 2. The van der Waals surface area contributed by atoms with Crippen LogP contribution in [0.3, 0.4) is 0 Å². The molecule has 2 aliphatic rings. The van der Waals surface area contributed by atoms with Crippen molar-refractivity contribution in [1.82, 2.24) is 5.32 Å². The van der Waals surface area contributed by atoms with E-state index in [0.29, 0.717) is 12.1 Å². The molecule has 0 radical (unpaired) electrons. The SMILES string of the molecule is C=CCC(C)NC1CCOC2(CCOCC2)C1. The third kappa shape index (κ3) is 3.54. The van der Waals surface area contributed by atoms with Crippen LogP contribution in [0.1, 0.15) is 39.0 Å². The summed E-state index contributed by atoms with van der Waals surface area (Å²) >= 11 is 0. The molecule has 2 atom stereocenters. The molecule has 98 valence electrons. The molecule has 0 bridgehead atoms. The summed E-state index contributed by atoms with van der Waals surface area (Å²) in [5.41, 5.74) is 0.0993. The Hall–Kier alpha value is -0.380. The van der Waals surface area contributed by atoms with E-state index in [-0.39, 0.29) is 5.60 Å². The van der Waals surface area contributed by atoms with E-state index in [4.69, 9.17) is 9.47 Å². The van der Waals surface area contributed by atoms with E-state index in [1.54, 1.807) is 0 Å². The molecular formula is C14H25NO2. The Balaban J connectivity index is 1.85. The molecule has 3 nitrogen and oxygen atoms in total. The highest BCUT2D eigenvalue weighted by Crippen LogP contribution is 2.34. The van der Waals surface area contributed by atoms with Crippen molar-refractivity contribution in [3.05, 3.63) is 12.7 Å². The molecule has 3 heteroatoms. The number of nitrogens with one attached hydrogen (secondary N) is 1. The Kier molecular flexibility index (Phi) is 4.60. The fraction of sp³-hybridized carbons (Fsp3) is 0.857. The van der Waals surface area contributed by atoms with E-state index >= 15 is 0 Å². The fourth-order valence-corrected chi connectivity index (χ4v) is 2.98. The highest BCUT2D eigenvalue weighted by Gasteiger charge is 2.39. The van der Waals surface area contributed by atoms with Gasteiger partial charge in [0.1, 0.15) is 0 Å². The van der Waals surface area contributed by atoms with Gasteiger partial charge in [-0.3, -0.25) is 0 Å². The third-order valence-corrected chi connectivity index (χ3v) is 3.94. The van der Waals surface area contributed by atoms with Gasteiger partial charge in [-0.25, -0.2) is 0 Å². The van der Waals surface area contributed by atoms with Crippen molar-refractivity contribution >= 4 is 0 Å². The molecule has 1 spiro atoms. The van der Waals surface area contributed by atoms with Gasteiger partial charge in [-0.15, -0.1) is 6.58 Å². The van der Waals surface area contributed by atoms with Crippen molar-refractivity contribution in [3.8, 4) is 0 Å². The lowest BCUT2D eigenvalue weighted by atomic mass is 9.84. The van der Waals surface area contributed by atoms with Crippen LogP contribution in [0.15, 0.2) is 12.7 Å². The molecule has 1 N–H and O–H groups in total. The van der Waals surface area contributed by atoms with Gasteiger partial charge in [0.2, 0.25) is 0 Å². The highest BCUT2D eigenvalue weighted by atomic mass is 16.5. The van der Waals surface area contributed by atoms with E-state index < -0.39 is 0 Å². The summed E-state index contributed by atoms with van der Waals surface area (Å²) in [4.78, 5) is 0. The summed E-state index contributed by atoms with van der Waals surface area (Å²) in [5, 5.41) is 3.70. The predicted molar refractivity (Wildman–Crippen MR) is 69.2 cm³/mol. The lowest BCUT2D eigenvalue weighted by Gasteiger charge is -2.44. The van der Waals surface area contributed by atoms with Gasteiger partial charge < -0.3 is 14.8 Å². The van der Waals surface area contributed by atoms with Crippen molar-refractivity contribution in [2.75, 3.05) is 19.8 Å². The van der Waals surface area contributed by atoms with Crippen LogP contribution in [0.4, 0.5) is 0 Å². The average molecular weight is 239 g/mol. The zero-order valence-electron chi connectivity index (χ0n) is 10.9. The van der Waals surface area contributed by atoms with Gasteiger partial charge in [-0.1, -0.05) is 6.08 Å². The van der Waals surface area contributed by atoms with Gasteiger partial charge in [0, 0.05) is 31.9 Å². The summed E-state index contributed by atoms with van der Waals surface area (Å²) in [6, 6.07) is 1.12. The highest BCUT2D eigenvalue weighted by molar-refractivity contribution is 4.92. The van der Waals surface area contributed by atoms with Gasteiger partial charge in [0.15, 0.2) is 0 Å². The molecule has 0 amide bonds. The van der Waals surface area contributed by atoms with Crippen LogP contribution in [-0.2, 0) is 9.47 Å². The first kappa shape index (κ1) is 13.1. The minimum Gasteiger partial charge on any atom is -0.381 e. The quantitative estimate of drug-likeness (QED) is 0.763. The van der Waals surface area contributed by atoms with Crippen molar-refractivity contribution in [2.45, 2.75) is 56.7 Å². The van der Waals surface area contributed by atoms with Gasteiger partial charge in [0.25, 0.3) is 0 Å². The summed E-state index contributed by atoms with van der Waals surface area (Å²) in [6.07, 6.45) is 7.40. The zero-order chi connectivity index (χ0) is 12.1. The number of hydrogen-bond acceptors (Lipinski definition) is 3. The van der Waals surface area contributed by atoms with Crippen molar-refractivity contribution in [2.24, 2.45) is 0 Å². The van der Waals surface area contributed by atoms with Crippen LogP contribution in [0.2, 0.25) is 0 Å². The fourth-order valence-electron chi connectivity index (χ4n) is 2.98. The lowest BCUT2D eigenvalue weighted by molar-refractivity contribution is -0.140. The second-order valence-corrected chi connectivity index (χ2v) is 5.43. The van der Waals surface area contributed by atoms with E-state index in [9.17, 15) is 0 Å².